The summed E-state index contributed by atoms with van der Waals surface area (Å²) in [5.41, 5.74) is 5.97. The number of rotatable bonds is 6. The van der Waals surface area contributed by atoms with Gasteiger partial charge in [-0.15, -0.1) is 0 Å². The van der Waals surface area contributed by atoms with Gasteiger partial charge in [-0.25, -0.2) is 13.6 Å². The Bertz CT molecular complexity index is 1900. The molecule has 21 nitrogen and oxygen atoms in total. The van der Waals surface area contributed by atoms with Crippen molar-refractivity contribution in [2.75, 3.05) is 18.9 Å². The summed E-state index contributed by atoms with van der Waals surface area (Å²) in [6.45, 7) is 2.69. The number of allylic oxidation sites excluding steroid dienone is 12. The van der Waals surface area contributed by atoms with Crippen molar-refractivity contribution in [1.82, 2.24) is 5.32 Å². The van der Waals surface area contributed by atoms with E-state index in [1.807, 2.05) is 6.92 Å². The molecule has 3 aliphatic heterocycles. The number of esters is 1. The van der Waals surface area contributed by atoms with Crippen LogP contribution in [0.15, 0.2) is 85.1 Å². The first-order valence-corrected chi connectivity index (χ1v) is 24.9. The Morgan fingerprint density at radius 2 is 1.33 bits per heavy atom. The lowest BCUT2D eigenvalue weighted by Gasteiger charge is -2.45. The topological polar surface area (TPSA) is 372 Å². The van der Waals surface area contributed by atoms with Crippen LogP contribution in [0.5, 0.6) is 0 Å². The van der Waals surface area contributed by atoms with Gasteiger partial charge in [-0.1, -0.05) is 92.0 Å². The number of carbonyl (C=O) groups is 2. The maximum atomic E-state index is 13.6. The minimum Gasteiger partial charge on any atom is -0.462 e. The van der Waals surface area contributed by atoms with Gasteiger partial charge >= 0.3 is 5.97 Å². The van der Waals surface area contributed by atoms with E-state index in [4.69, 9.17) is 29.8 Å². The average molecular weight is 1000 g/mol. The number of carbonyl (C=O) groups excluding carboxylic acids is 2. The lowest BCUT2D eigenvalue weighted by atomic mass is 9.82. The number of hydrogen-bond acceptors (Lipinski definition) is 19. The number of cyclic esters (lactones) is 1. The van der Waals surface area contributed by atoms with Crippen molar-refractivity contribution in [3.05, 3.63) is 85.1 Å². The Hall–Kier alpha value is -3.53. The quantitative estimate of drug-likeness (QED) is 0.133. The third-order valence-electron chi connectivity index (χ3n) is 11.8. The van der Waals surface area contributed by atoms with Crippen molar-refractivity contribution in [2.24, 2.45) is 22.7 Å². The largest absolute Gasteiger partial charge is 0.462 e. The molecule has 15 N–H and O–H groups in total. The molecule has 2 saturated heterocycles. The van der Waals surface area contributed by atoms with Gasteiger partial charge in [0, 0.05) is 44.6 Å². The Balaban J connectivity index is 1.91. The minimum atomic E-state index is -4.00. The first kappa shape index (κ1) is 59.8. The highest BCUT2D eigenvalue weighted by atomic mass is 32.2. The number of aliphatic hydroxyl groups excluding tert-OH is 9. The zero-order chi connectivity index (χ0) is 51.3. The van der Waals surface area contributed by atoms with Gasteiger partial charge in [0.2, 0.25) is 15.9 Å². The second kappa shape index (κ2) is 29.7. The summed E-state index contributed by atoms with van der Waals surface area (Å²) in [5, 5.41) is 116. The van der Waals surface area contributed by atoms with E-state index in [0.717, 1.165) is 0 Å². The van der Waals surface area contributed by atoms with Crippen LogP contribution >= 0.6 is 0 Å². The number of fused-ring (bicyclic) bond motifs is 2. The molecule has 22 heteroatoms. The fraction of sp³-hybridized carbons (Fsp3) is 0.660. The van der Waals surface area contributed by atoms with E-state index < -0.39 is 157 Å². The summed E-state index contributed by atoms with van der Waals surface area (Å²) in [6.07, 6.45) is 3.94. The number of amides is 1. The van der Waals surface area contributed by atoms with Crippen LogP contribution in [0.25, 0.3) is 0 Å². The predicted molar refractivity (Wildman–Crippen MR) is 251 cm³/mol. The highest BCUT2D eigenvalue weighted by molar-refractivity contribution is 7.89. The molecule has 0 aromatic carbocycles. The van der Waals surface area contributed by atoms with Gasteiger partial charge in [0.15, 0.2) is 12.1 Å². The molecule has 3 rings (SSSR count). The second-order valence-corrected chi connectivity index (χ2v) is 19.7. The SMILES string of the molecule is C[C@H]1C[C@H](O)[C@@H](C)/C=C/C=C/C=C/C=C/C=C/C=C/C=C/C(O[C@@H]2OC[C@@H](O)[C@H](N)[C@@H]2O)C[C@@H]2OC(O)(CC(O)CC(O)C(O)CCC(O)CC(O)CC(=O)O1)C[C@H](O)C2C(=O)NCCS(N)(=O)=O. The molecule has 17 atom stereocenters. The number of nitrogens with two attached hydrogens (primary N) is 2. The van der Waals surface area contributed by atoms with E-state index in [9.17, 15) is 69.1 Å². The van der Waals surface area contributed by atoms with Crippen LogP contribution in [0.2, 0.25) is 0 Å². The molecule has 1 amide bonds. The van der Waals surface area contributed by atoms with Gasteiger partial charge in [-0.05, 0) is 26.2 Å². The van der Waals surface area contributed by atoms with Gasteiger partial charge in [-0.2, -0.15) is 0 Å². The van der Waals surface area contributed by atoms with Gasteiger partial charge < -0.3 is 81.1 Å². The smallest absolute Gasteiger partial charge is 0.308 e. The maximum Gasteiger partial charge on any atom is 0.308 e. The summed E-state index contributed by atoms with van der Waals surface area (Å²) in [5.74, 6) is -6.38. The van der Waals surface area contributed by atoms with Crippen molar-refractivity contribution in [3.63, 3.8) is 0 Å². The molecule has 0 radical (unpaired) electrons. The number of nitrogens with one attached hydrogen (secondary N) is 1. The lowest BCUT2D eigenvalue weighted by Crippen LogP contribution is -2.59. The van der Waals surface area contributed by atoms with Crippen molar-refractivity contribution < 1.29 is 88.0 Å². The third-order valence-corrected chi connectivity index (χ3v) is 12.5. The lowest BCUT2D eigenvalue weighted by molar-refractivity contribution is -0.304. The number of sulfonamides is 1. The summed E-state index contributed by atoms with van der Waals surface area (Å²) in [6, 6.07) is -1.16. The van der Waals surface area contributed by atoms with Crippen LogP contribution in [0.1, 0.15) is 71.6 Å². The maximum absolute atomic E-state index is 13.6. The Morgan fingerprint density at radius 1 is 0.739 bits per heavy atom. The molecule has 69 heavy (non-hydrogen) atoms. The molecule has 392 valence electrons. The summed E-state index contributed by atoms with van der Waals surface area (Å²) < 4.78 is 46.3. The number of ether oxygens (including phenoxy) is 4. The van der Waals surface area contributed by atoms with E-state index in [0.29, 0.717) is 0 Å². The standard InChI is InChI=1S/C47H75N3O18S/c1-29-15-13-11-9-7-5-3-4-6-8-10-12-14-16-34(67-46-44(60)43(48)39(58)28-65-46)25-40-42(45(61)50-19-20-69(49,63)64)38(57)27-47(62,68-40)26-33(53)23-37(56)35(54)18-17-31(51)22-32(52)24-41(59)66-30(2)21-36(29)55/h3-16,29-40,42-44,46,51-58,60,62H,17-28,48H2,1-2H3,(H,50,61)(H2,49,63,64)/b4-3+,7-5+,8-6+,11-9+,12-10+,15-13+,16-14+/t29-,30-,31?,32?,33?,34?,35?,36-,37?,38-,39+,40-,42?,43-,44-,46-,47?/m0/s1. The van der Waals surface area contributed by atoms with E-state index in [-0.39, 0.29) is 44.6 Å². The van der Waals surface area contributed by atoms with Gasteiger partial charge in [-0.3, -0.25) is 9.59 Å². The van der Waals surface area contributed by atoms with Crippen molar-refractivity contribution >= 4 is 21.9 Å². The average Bonchev–Trinajstić information content (AvgIpc) is 3.24. The van der Waals surface area contributed by atoms with Gasteiger partial charge in [0.25, 0.3) is 0 Å². The normalized spacial score (nSPS) is 41.6. The molecule has 0 spiro atoms. The molecular formula is C47H75N3O18S. The van der Waals surface area contributed by atoms with E-state index >= 15 is 0 Å². The zero-order valence-corrected chi connectivity index (χ0v) is 39.9. The highest BCUT2D eigenvalue weighted by Crippen LogP contribution is 2.38. The number of primary sulfonamides is 1. The molecule has 8 unspecified atom stereocenters. The summed E-state index contributed by atoms with van der Waals surface area (Å²) >= 11 is 0. The van der Waals surface area contributed by atoms with Crippen LogP contribution in [0, 0.1) is 11.8 Å². The molecule has 3 heterocycles. The molecule has 0 saturated carbocycles. The third kappa shape index (κ3) is 22.6. The van der Waals surface area contributed by atoms with Crippen LogP contribution < -0.4 is 16.2 Å². The minimum absolute atomic E-state index is 0.127. The number of hydrogen-bond donors (Lipinski definition) is 13. The van der Waals surface area contributed by atoms with Crippen LogP contribution in [-0.2, 0) is 38.6 Å². The second-order valence-electron chi connectivity index (χ2n) is 18.0. The molecule has 2 fully saturated rings. The Morgan fingerprint density at radius 3 is 1.94 bits per heavy atom. The van der Waals surface area contributed by atoms with Gasteiger partial charge in [0.1, 0.15) is 12.2 Å². The first-order chi connectivity index (χ1) is 32.5. The molecule has 2 bridgehead atoms. The van der Waals surface area contributed by atoms with Crippen LogP contribution in [-0.4, -0.2) is 182 Å². The van der Waals surface area contributed by atoms with E-state index in [2.05, 4.69) is 5.32 Å². The van der Waals surface area contributed by atoms with E-state index in [1.54, 1.807) is 85.9 Å². The van der Waals surface area contributed by atoms with Crippen LogP contribution in [0.4, 0.5) is 0 Å². The highest BCUT2D eigenvalue weighted by Gasteiger charge is 2.50. The Kier molecular flexibility index (Phi) is 25.8. The fourth-order valence-corrected chi connectivity index (χ4v) is 8.33. The summed E-state index contributed by atoms with van der Waals surface area (Å²) in [4.78, 5) is 26.1. The molecule has 0 aromatic rings. The van der Waals surface area contributed by atoms with Crippen molar-refractivity contribution in [3.8, 4) is 0 Å². The van der Waals surface area contributed by atoms with Crippen molar-refractivity contribution in [2.45, 2.75) is 163 Å². The monoisotopic (exact) mass is 1000 g/mol. The summed E-state index contributed by atoms with van der Waals surface area (Å²) in [7, 11) is -4.00. The van der Waals surface area contributed by atoms with E-state index in [1.165, 1.54) is 6.08 Å². The van der Waals surface area contributed by atoms with Gasteiger partial charge in [0.05, 0.1) is 91.8 Å². The van der Waals surface area contributed by atoms with Crippen LogP contribution in [0.3, 0.4) is 0 Å². The Labute approximate surface area is 403 Å². The predicted octanol–water partition coefficient (Wildman–Crippen LogP) is -1.60. The molecule has 3 aliphatic rings. The number of aliphatic hydroxyl groups is 10. The zero-order valence-electron chi connectivity index (χ0n) is 39.1. The fourth-order valence-electron chi connectivity index (χ4n) is 7.94. The molecular weight excluding hydrogens is 927 g/mol. The molecule has 0 aromatic heterocycles. The molecule has 0 aliphatic carbocycles. The first-order valence-electron chi connectivity index (χ1n) is 23.2. The van der Waals surface area contributed by atoms with Crippen molar-refractivity contribution in [1.29, 1.82) is 0 Å².